The second-order valence-corrected chi connectivity index (χ2v) is 37.0. The smallest absolute Gasteiger partial charge is 0.454 e. The number of aromatic nitrogens is 8. The fourth-order valence-electron chi connectivity index (χ4n) is 13.1. The number of carbonyl (C=O) groups excluding carboxylic acids is 4. The molecule has 10 aromatic rings. The van der Waals surface area contributed by atoms with Crippen molar-refractivity contribution in [1.29, 1.82) is 21.0 Å². The van der Waals surface area contributed by atoms with Gasteiger partial charge < -0.3 is 37.9 Å². The predicted octanol–water partition coefficient (Wildman–Crippen LogP) is 24.8. The molecule has 0 spiro atoms. The highest BCUT2D eigenvalue weighted by molar-refractivity contribution is 6.34. The molecule has 4 aromatic heterocycles. The molecule has 0 atom stereocenters. The Morgan fingerprint density at radius 3 is 0.821 bits per heavy atom. The standard InChI is InChI=1S/C28H30ClN3O3.C27H28ClN3O3.C26H34ClN3O3.C22H23ClF3N3O3/c1-6-32-26(25(29)19(2)31-32)27(35-18-34-24(33)16-20-10-8-7-9-11-20)23(17-30)21-12-14-22(15-13-21)28(3,4)5;1-6-31-24(23(28)18(2)30-31)25(33-17-34-26(32)20-10-8-7-9-11-20)22(16-29)19-12-14-21(15-13-19)27(3,4)5;1-9-26(7,8)24(31)33-16-32-23(22-21(27)17(3)29-30(22)10-2)20(15-28)18-11-13-19(14-12-18)25(4,5)6;1-6-29-18(17(23)13(2)28-29)19(31-12-32-20(30)22(24,25)26)16(11-27)14-7-9-15(10-8-14)21(3,4)5/h7-15H,6,16,18H2,1-5H3;7-15H,6,17H2,1-5H3;11-14H,9-10,16H2,1-8H3;7-10H,6,12H2,1-5H3/b27-23-;25-22-;23-20-;19-16-. The number of carbonyl (C=O) groups is 4. The van der Waals surface area contributed by atoms with Gasteiger partial charge in [0.15, 0.2) is 23.0 Å². The fraction of sp³-hybridized carbons (Fsp3) is 0.379. The Bertz CT molecular complexity index is 6090. The summed E-state index contributed by atoms with van der Waals surface area (Å²) in [7, 11) is 0. The van der Waals surface area contributed by atoms with E-state index >= 15 is 0 Å². The Hall–Kier alpha value is -12.9. The highest BCUT2D eigenvalue weighted by atomic mass is 35.5. The summed E-state index contributed by atoms with van der Waals surface area (Å²) in [4.78, 5) is 48.2. The van der Waals surface area contributed by atoms with Gasteiger partial charge in [-0.25, -0.2) is 9.59 Å². The van der Waals surface area contributed by atoms with E-state index in [2.05, 4.69) is 106 Å². The average molecular weight is 1910 g/mol. The molecule has 134 heavy (non-hydrogen) atoms. The molecular weight excluding hydrogens is 1800 g/mol. The van der Waals surface area contributed by atoms with Crippen molar-refractivity contribution in [3.05, 3.63) is 279 Å². The zero-order valence-electron chi connectivity index (χ0n) is 80.0. The molecule has 31 heteroatoms. The minimum atomic E-state index is -5.17. The highest BCUT2D eigenvalue weighted by Gasteiger charge is 2.42. The van der Waals surface area contributed by atoms with E-state index < -0.39 is 43.1 Å². The molecule has 0 radical (unpaired) electrons. The Labute approximate surface area is 803 Å². The second kappa shape index (κ2) is 47.6. The average Bonchev–Trinajstić information content (AvgIpc) is 1.66. The maximum absolute atomic E-state index is 12.5. The van der Waals surface area contributed by atoms with Crippen molar-refractivity contribution >= 4 is 116 Å². The number of rotatable bonds is 29. The monoisotopic (exact) mass is 1910 g/mol. The van der Waals surface area contributed by atoms with Crippen LogP contribution in [0.3, 0.4) is 0 Å². The number of hydrogen-bond donors (Lipinski definition) is 0. The molecule has 0 aliphatic carbocycles. The van der Waals surface area contributed by atoms with E-state index in [4.69, 9.17) is 79.6 Å². The van der Waals surface area contributed by atoms with Gasteiger partial charge in [-0.3, -0.25) is 28.3 Å². The lowest BCUT2D eigenvalue weighted by Crippen LogP contribution is -2.26. The Morgan fingerprint density at radius 1 is 0.336 bits per heavy atom. The summed E-state index contributed by atoms with van der Waals surface area (Å²) in [5, 5.41) is 59.2. The van der Waals surface area contributed by atoms with E-state index in [9.17, 15) is 53.4 Å². The zero-order chi connectivity index (χ0) is 99.7. The van der Waals surface area contributed by atoms with Crippen molar-refractivity contribution in [2.45, 2.75) is 226 Å². The van der Waals surface area contributed by atoms with Gasteiger partial charge in [0.2, 0.25) is 27.2 Å². The number of allylic oxidation sites excluding steroid dienone is 4. The summed E-state index contributed by atoms with van der Waals surface area (Å²) in [6.45, 7) is 45.1. The van der Waals surface area contributed by atoms with Gasteiger partial charge in [-0.05, 0) is 160 Å². The molecule has 0 amide bonds. The zero-order valence-corrected chi connectivity index (χ0v) is 83.0. The molecule has 0 saturated heterocycles. The molecule has 0 unspecified atom stereocenters. The largest absolute Gasteiger partial charge is 0.491 e. The third-order valence-corrected chi connectivity index (χ3v) is 23.1. The Kier molecular flexibility index (Phi) is 38.5. The van der Waals surface area contributed by atoms with Crippen LogP contribution in [0.2, 0.25) is 20.1 Å². The number of hydrogen-bond acceptors (Lipinski definition) is 20. The SMILES string of the molecule is CCn1nc(C)c(Cl)c1/C(OCOC(=O)C(C)(C)CC)=C(\C#N)c1ccc(C(C)(C)C)cc1.CCn1nc(C)c(Cl)c1/C(OCOC(=O)C(F)(F)F)=C(\C#N)c1ccc(C(C)(C)C)cc1.CCn1nc(C)c(Cl)c1/C(OCOC(=O)Cc1ccccc1)=C(\C#N)c1ccc(C(C)(C)C)cc1.CCn1nc(C)c(Cl)c1/C(OCOC(=O)c1ccccc1)=C(\C#N)c1ccc(C(C)(C)C)cc1. The Morgan fingerprint density at radius 2 is 0.582 bits per heavy atom. The van der Waals surface area contributed by atoms with Gasteiger partial charge >= 0.3 is 30.1 Å². The number of benzene rings is 6. The molecule has 0 saturated carbocycles. The van der Waals surface area contributed by atoms with E-state index in [1.165, 1.54) is 4.68 Å². The van der Waals surface area contributed by atoms with Crippen LogP contribution < -0.4 is 0 Å². The maximum Gasteiger partial charge on any atom is 0.491 e. The van der Waals surface area contributed by atoms with Gasteiger partial charge in [0.1, 0.15) is 69.3 Å². The number of nitriles is 4. The lowest BCUT2D eigenvalue weighted by Gasteiger charge is -2.21. The van der Waals surface area contributed by atoms with E-state index in [1.807, 2.05) is 190 Å². The molecule has 708 valence electrons. The van der Waals surface area contributed by atoms with Crippen molar-refractivity contribution in [2.24, 2.45) is 5.41 Å². The van der Waals surface area contributed by atoms with E-state index in [1.54, 1.807) is 85.1 Å². The van der Waals surface area contributed by atoms with Crippen LogP contribution in [0.5, 0.6) is 0 Å². The molecule has 0 bridgehead atoms. The fourth-order valence-corrected chi connectivity index (χ4v) is 13.9. The van der Waals surface area contributed by atoms with Crippen molar-refractivity contribution in [3.8, 4) is 24.3 Å². The van der Waals surface area contributed by atoms with Crippen LogP contribution in [0.4, 0.5) is 13.2 Å². The molecule has 0 N–H and O–H groups in total. The van der Waals surface area contributed by atoms with Crippen LogP contribution in [0.1, 0.15) is 244 Å². The van der Waals surface area contributed by atoms with Crippen LogP contribution >= 0.6 is 46.4 Å². The first-order chi connectivity index (χ1) is 63.0. The van der Waals surface area contributed by atoms with Crippen LogP contribution in [-0.4, -0.2) is 96.3 Å². The summed E-state index contributed by atoms with van der Waals surface area (Å²) in [6, 6.07) is 57.1. The number of esters is 4. The summed E-state index contributed by atoms with van der Waals surface area (Å²) in [5.74, 6) is -3.22. The van der Waals surface area contributed by atoms with Crippen LogP contribution in [-0.2, 0) is 107 Å². The Balaban J connectivity index is 0.000000244. The summed E-state index contributed by atoms with van der Waals surface area (Å²) < 4.78 is 87.4. The van der Waals surface area contributed by atoms with Gasteiger partial charge in [-0.15, -0.1) is 0 Å². The molecule has 6 aromatic carbocycles. The number of alkyl halides is 3. The van der Waals surface area contributed by atoms with E-state index in [0.717, 1.165) is 27.8 Å². The lowest BCUT2D eigenvalue weighted by molar-refractivity contribution is -0.206. The number of ether oxygens (including phenoxy) is 8. The second-order valence-electron chi connectivity index (χ2n) is 35.5. The van der Waals surface area contributed by atoms with Gasteiger partial charge in [0, 0.05) is 26.2 Å². The van der Waals surface area contributed by atoms with Gasteiger partial charge in [-0.2, -0.15) is 54.6 Å². The summed E-state index contributed by atoms with van der Waals surface area (Å²) in [6.07, 6.45) is -4.42. The maximum atomic E-state index is 12.5. The predicted molar refractivity (Wildman–Crippen MR) is 515 cm³/mol. The minimum absolute atomic E-state index is 0.00465. The van der Waals surface area contributed by atoms with Crippen molar-refractivity contribution in [2.75, 3.05) is 27.2 Å². The van der Waals surface area contributed by atoms with Crippen LogP contribution in [0.25, 0.3) is 45.3 Å². The first kappa shape index (κ1) is 108. The first-order valence-electron chi connectivity index (χ1n) is 43.3. The quantitative estimate of drug-likeness (QED) is 0.0138. The van der Waals surface area contributed by atoms with Crippen molar-refractivity contribution in [3.63, 3.8) is 0 Å². The van der Waals surface area contributed by atoms with Gasteiger partial charge in [0.05, 0.1) is 60.3 Å². The molecular formula is C103H115Cl4F3N12O12. The highest BCUT2D eigenvalue weighted by Crippen LogP contribution is 2.41. The van der Waals surface area contributed by atoms with Crippen molar-refractivity contribution in [1.82, 2.24) is 39.1 Å². The number of nitrogens with zero attached hydrogens (tertiary/aromatic N) is 12. The molecule has 0 aliphatic rings. The van der Waals surface area contributed by atoms with Gasteiger partial charge in [-0.1, -0.05) is 282 Å². The molecule has 4 heterocycles. The first-order valence-corrected chi connectivity index (χ1v) is 44.8. The van der Waals surface area contributed by atoms with Crippen LogP contribution in [0.15, 0.2) is 158 Å². The van der Waals surface area contributed by atoms with Crippen molar-refractivity contribution < 1.29 is 70.2 Å². The third-order valence-electron chi connectivity index (χ3n) is 21.3. The van der Waals surface area contributed by atoms with Crippen LogP contribution in [0, 0.1) is 78.4 Å². The lowest BCUT2D eigenvalue weighted by atomic mass is 9.86. The number of aryl methyl sites for hydroxylation is 8. The van der Waals surface area contributed by atoms with E-state index in [0.29, 0.717) is 115 Å². The number of halogens is 7. The van der Waals surface area contributed by atoms with Gasteiger partial charge in [0.25, 0.3) is 0 Å². The summed E-state index contributed by atoms with van der Waals surface area (Å²) in [5.41, 5.74) is 12.1. The topological polar surface area (TPSA) is 309 Å². The molecule has 10 rings (SSSR count). The third kappa shape index (κ3) is 28.3. The van der Waals surface area contributed by atoms with E-state index in [-0.39, 0.29) is 104 Å². The normalized spacial score (nSPS) is 12.4. The minimum Gasteiger partial charge on any atom is -0.454 e. The molecule has 0 fully saturated rings. The molecule has 0 aliphatic heterocycles. The summed E-state index contributed by atoms with van der Waals surface area (Å²) >= 11 is 26.1. The molecule has 24 nitrogen and oxygen atoms in total.